The minimum Gasteiger partial charge on any atom is -0.444 e. The van der Waals surface area contributed by atoms with E-state index in [-0.39, 0.29) is 17.9 Å². The minimum absolute atomic E-state index is 0.282. The van der Waals surface area contributed by atoms with Crippen molar-refractivity contribution in [3.8, 4) is 11.5 Å². The van der Waals surface area contributed by atoms with E-state index < -0.39 is 17.3 Å². The van der Waals surface area contributed by atoms with E-state index >= 15 is 0 Å². The van der Waals surface area contributed by atoms with Gasteiger partial charge < -0.3 is 14.1 Å². The van der Waals surface area contributed by atoms with Gasteiger partial charge in [0.05, 0.1) is 5.56 Å². The van der Waals surface area contributed by atoms with Gasteiger partial charge in [-0.05, 0) is 81.5 Å². The monoisotopic (exact) mass is 446 g/mol. The standard InChI is InChI=1S/C24H25F3N2O3/c1-23(2,3)32-22(30)29-12-10-15(11-13-29)17-6-9-20-19(14-17)28-21(31-20)16-4-7-18(8-5-16)24(25,26)27/h4-9,14-15H,10-13H2,1-3H3. The second-order valence-electron chi connectivity index (χ2n) is 9.06. The Hall–Kier alpha value is -3.03. The fraction of sp³-hybridized carbons (Fsp3) is 0.417. The normalized spacial score (nSPS) is 15.9. The summed E-state index contributed by atoms with van der Waals surface area (Å²) in [5.41, 5.74) is 1.60. The van der Waals surface area contributed by atoms with Gasteiger partial charge in [0.2, 0.25) is 5.89 Å². The molecule has 0 bridgehead atoms. The maximum absolute atomic E-state index is 12.8. The molecule has 1 fully saturated rings. The number of rotatable bonds is 2. The molecule has 4 rings (SSSR count). The molecule has 0 radical (unpaired) electrons. The lowest BCUT2D eigenvalue weighted by Gasteiger charge is -2.33. The van der Waals surface area contributed by atoms with Crippen molar-refractivity contribution in [1.82, 2.24) is 9.88 Å². The molecule has 1 aromatic heterocycles. The third-order valence-electron chi connectivity index (χ3n) is 5.49. The molecule has 0 aliphatic carbocycles. The van der Waals surface area contributed by atoms with Crippen LogP contribution in [0.4, 0.5) is 18.0 Å². The molecule has 0 atom stereocenters. The number of piperidine rings is 1. The number of likely N-dealkylation sites (tertiary alicyclic amines) is 1. The van der Waals surface area contributed by atoms with Crippen LogP contribution < -0.4 is 0 Å². The molecule has 0 spiro atoms. The van der Waals surface area contributed by atoms with Gasteiger partial charge in [0.15, 0.2) is 5.58 Å². The molecule has 0 unspecified atom stereocenters. The van der Waals surface area contributed by atoms with Crippen LogP contribution in [-0.2, 0) is 10.9 Å². The van der Waals surface area contributed by atoms with Crippen LogP contribution in [0.25, 0.3) is 22.6 Å². The fourth-order valence-electron chi connectivity index (χ4n) is 3.85. The molecule has 1 aliphatic heterocycles. The van der Waals surface area contributed by atoms with Gasteiger partial charge in [0.25, 0.3) is 0 Å². The summed E-state index contributed by atoms with van der Waals surface area (Å²) in [7, 11) is 0. The zero-order valence-electron chi connectivity index (χ0n) is 18.2. The lowest BCUT2D eigenvalue weighted by Crippen LogP contribution is -2.41. The Morgan fingerprint density at radius 1 is 1.06 bits per heavy atom. The number of hydrogen-bond acceptors (Lipinski definition) is 4. The van der Waals surface area contributed by atoms with Crippen LogP contribution in [0, 0.1) is 0 Å². The van der Waals surface area contributed by atoms with Crippen molar-refractivity contribution in [1.29, 1.82) is 0 Å². The predicted octanol–water partition coefficient (Wildman–Crippen LogP) is 6.63. The predicted molar refractivity (Wildman–Crippen MR) is 114 cm³/mol. The number of carbonyl (C=O) groups is 1. The number of alkyl halides is 3. The Morgan fingerprint density at radius 3 is 2.31 bits per heavy atom. The number of hydrogen-bond donors (Lipinski definition) is 0. The van der Waals surface area contributed by atoms with E-state index in [1.54, 1.807) is 4.90 Å². The third kappa shape index (κ3) is 4.89. The molecule has 0 saturated carbocycles. The van der Waals surface area contributed by atoms with E-state index in [2.05, 4.69) is 4.98 Å². The highest BCUT2D eigenvalue weighted by molar-refractivity contribution is 5.77. The molecule has 8 heteroatoms. The summed E-state index contributed by atoms with van der Waals surface area (Å²) in [5, 5.41) is 0. The van der Waals surface area contributed by atoms with Gasteiger partial charge >= 0.3 is 12.3 Å². The van der Waals surface area contributed by atoms with Gasteiger partial charge in [-0.3, -0.25) is 0 Å². The van der Waals surface area contributed by atoms with E-state index in [1.165, 1.54) is 12.1 Å². The first kappa shape index (κ1) is 22.2. The van der Waals surface area contributed by atoms with Crippen molar-refractivity contribution in [3.05, 3.63) is 53.6 Å². The molecule has 2 heterocycles. The number of oxazole rings is 1. The summed E-state index contributed by atoms with van der Waals surface area (Å²) < 4.78 is 49.6. The van der Waals surface area contributed by atoms with Gasteiger partial charge in [-0.25, -0.2) is 9.78 Å². The summed E-state index contributed by atoms with van der Waals surface area (Å²) in [6.07, 6.45) is -3.04. The molecular weight excluding hydrogens is 421 g/mol. The first-order valence-corrected chi connectivity index (χ1v) is 10.6. The largest absolute Gasteiger partial charge is 0.444 e. The van der Waals surface area contributed by atoms with Crippen molar-refractivity contribution in [2.75, 3.05) is 13.1 Å². The Labute approximate surface area is 184 Å². The maximum atomic E-state index is 12.8. The van der Waals surface area contributed by atoms with Gasteiger partial charge in [0, 0.05) is 18.7 Å². The number of ether oxygens (including phenoxy) is 1. The van der Waals surface area contributed by atoms with E-state index in [1.807, 2.05) is 39.0 Å². The smallest absolute Gasteiger partial charge is 0.416 e. The molecule has 3 aromatic rings. The average molecular weight is 446 g/mol. The van der Waals surface area contributed by atoms with Crippen molar-refractivity contribution in [3.63, 3.8) is 0 Å². The van der Waals surface area contributed by atoms with Gasteiger partial charge in [-0.2, -0.15) is 13.2 Å². The first-order valence-electron chi connectivity index (χ1n) is 10.6. The lowest BCUT2D eigenvalue weighted by molar-refractivity contribution is -0.137. The van der Waals surface area contributed by atoms with Crippen molar-refractivity contribution in [2.24, 2.45) is 0 Å². The minimum atomic E-state index is -4.38. The topological polar surface area (TPSA) is 55.6 Å². The summed E-state index contributed by atoms with van der Waals surface area (Å²) in [6.45, 7) is 6.79. The molecule has 32 heavy (non-hydrogen) atoms. The van der Waals surface area contributed by atoms with Crippen molar-refractivity contribution >= 4 is 17.2 Å². The molecule has 0 N–H and O–H groups in total. The fourth-order valence-corrected chi connectivity index (χ4v) is 3.85. The number of aromatic nitrogens is 1. The van der Waals surface area contributed by atoms with Crippen LogP contribution >= 0.6 is 0 Å². The van der Waals surface area contributed by atoms with Crippen LogP contribution in [0.15, 0.2) is 46.9 Å². The quantitative estimate of drug-likeness (QED) is 0.443. The van der Waals surface area contributed by atoms with Gasteiger partial charge in [-0.1, -0.05) is 6.07 Å². The van der Waals surface area contributed by atoms with E-state index in [0.29, 0.717) is 29.8 Å². The first-order chi connectivity index (χ1) is 15.0. The second-order valence-corrected chi connectivity index (χ2v) is 9.06. The number of halogens is 3. The molecule has 170 valence electrons. The SMILES string of the molecule is CC(C)(C)OC(=O)N1CCC(c2ccc3oc(-c4ccc(C(F)(F)F)cc4)nc3c2)CC1. The third-order valence-corrected chi connectivity index (χ3v) is 5.49. The summed E-state index contributed by atoms with van der Waals surface area (Å²) in [5.74, 6) is 0.565. The number of fused-ring (bicyclic) bond motifs is 1. The van der Waals surface area contributed by atoms with E-state index in [0.717, 1.165) is 30.5 Å². The van der Waals surface area contributed by atoms with Gasteiger partial charge in [0.1, 0.15) is 11.1 Å². The molecule has 1 aliphatic rings. The zero-order valence-corrected chi connectivity index (χ0v) is 18.2. The van der Waals surface area contributed by atoms with E-state index in [4.69, 9.17) is 9.15 Å². The summed E-state index contributed by atoms with van der Waals surface area (Å²) in [4.78, 5) is 18.5. The number of amides is 1. The molecule has 2 aromatic carbocycles. The molecular formula is C24H25F3N2O3. The number of carbonyl (C=O) groups excluding carboxylic acids is 1. The average Bonchev–Trinajstić information content (AvgIpc) is 3.15. The second kappa shape index (κ2) is 8.15. The zero-order chi connectivity index (χ0) is 23.1. The van der Waals surface area contributed by atoms with Crippen molar-refractivity contribution in [2.45, 2.75) is 51.3 Å². The number of benzene rings is 2. The summed E-state index contributed by atoms with van der Waals surface area (Å²) in [6, 6.07) is 10.5. The highest BCUT2D eigenvalue weighted by atomic mass is 19.4. The molecule has 5 nitrogen and oxygen atoms in total. The Bertz CT molecular complexity index is 1110. The van der Waals surface area contributed by atoms with Crippen molar-refractivity contribution < 1.29 is 27.1 Å². The highest BCUT2D eigenvalue weighted by Gasteiger charge is 2.30. The highest BCUT2D eigenvalue weighted by Crippen LogP contribution is 2.34. The Balaban J connectivity index is 1.46. The van der Waals surface area contributed by atoms with Crippen LogP contribution in [0.5, 0.6) is 0 Å². The molecule has 1 saturated heterocycles. The maximum Gasteiger partial charge on any atom is 0.416 e. The van der Waals surface area contributed by atoms with Crippen LogP contribution in [0.1, 0.15) is 50.7 Å². The van der Waals surface area contributed by atoms with Gasteiger partial charge in [-0.15, -0.1) is 0 Å². The lowest BCUT2D eigenvalue weighted by atomic mass is 9.89. The Morgan fingerprint density at radius 2 is 1.72 bits per heavy atom. The van der Waals surface area contributed by atoms with Crippen LogP contribution in [0.2, 0.25) is 0 Å². The molecule has 1 amide bonds. The Kier molecular flexibility index (Phi) is 5.65. The van der Waals surface area contributed by atoms with Crippen LogP contribution in [0.3, 0.4) is 0 Å². The number of nitrogens with zero attached hydrogens (tertiary/aromatic N) is 2. The van der Waals surface area contributed by atoms with E-state index in [9.17, 15) is 18.0 Å². The summed E-state index contributed by atoms with van der Waals surface area (Å²) >= 11 is 0. The van der Waals surface area contributed by atoms with Crippen LogP contribution in [-0.4, -0.2) is 34.7 Å².